The molecule has 0 fully saturated rings. The van der Waals surface area contributed by atoms with Crippen LogP contribution in [0.3, 0.4) is 0 Å². The SMILES string of the molecule is Nc1ccc(/C=C/c2nc3ccccc3c(=O)n2-c2cccc(O)c2)cc1. The first-order valence-corrected chi connectivity index (χ1v) is 8.47. The van der Waals surface area contributed by atoms with Gasteiger partial charge in [0.15, 0.2) is 0 Å². The zero-order chi connectivity index (χ0) is 18.8. The molecule has 0 saturated heterocycles. The number of benzene rings is 3. The van der Waals surface area contributed by atoms with Gasteiger partial charge in [-0.05, 0) is 48.0 Å². The number of anilines is 1. The van der Waals surface area contributed by atoms with Crippen molar-refractivity contribution in [1.29, 1.82) is 0 Å². The van der Waals surface area contributed by atoms with Crippen LogP contribution in [0.4, 0.5) is 5.69 Å². The average Bonchev–Trinajstić information content (AvgIpc) is 2.68. The van der Waals surface area contributed by atoms with Crippen LogP contribution >= 0.6 is 0 Å². The van der Waals surface area contributed by atoms with Crippen LogP contribution in [0, 0.1) is 0 Å². The molecule has 0 bridgehead atoms. The van der Waals surface area contributed by atoms with Gasteiger partial charge in [-0.3, -0.25) is 9.36 Å². The smallest absolute Gasteiger partial charge is 0.266 e. The number of rotatable bonds is 3. The van der Waals surface area contributed by atoms with Crippen LogP contribution < -0.4 is 11.3 Å². The molecule has 3 N–H and O–H groups in total. The second kappa shape index (κ2) is 6.80. The van der Waals surface area contributed by atoms with Gasteiger partial charge in [-0.2, -0.15) is 0 Å². The van der Waals surface area contributed by atoms with Gasteiger partial charge in [0.2, 0.25) is 0 Å². The van der Waals surface area contributed by atoms with Gasteiger partial charge >= 0.3 is 0 Å². The molecule has 0 unspecified atom stereocenters. The van der Waals surface area contributed by atoms with Gasteiger partial charge in [0.1, 0.15) is 11.6 Å². The Balaban J connectivity index is 1.93. The molecule has 0 aliphatic carbocycles. The molecule has 1 heterocycles. The summed E-state index contributed by atoms with van der Waals surface area (Å²) >= 11 is 0. The van der Waals surface area contributed by atoms with Crippen LogP contribution in [-0.2, 0) is 0 Å². The summed E-state index contributed by atoms with van der Waals surface area (Å²) in [7, 11) is 0. The molecule has 0 spiro atoms. The Kier molecular flexibility index (Phi) is 4.18. The van der Waals surface area contributed by atoms with E-state index in [1.165, 1.54) is 4.57 Å². The van der Waals surface area contributed by atoms with Crippen molar-refractivity contribution in [3.8, 4) is 11.4 Å². The van der Waals surface area contributed by atoms with Crippen LogP contribution in [0.15, 0.2) is 77.6 Å². The number of nitrogens with zero attached hydrogens (tertiary/aromatic N) is 2. The number of phenols is 1. The molecule has 0 atom stereocenters. The molecule has 27 heavy (non-hydrogen) atoms. The fourth-order valence-electron chi connectivity index (χ4n) is 2.92. The lowest BCUT2D eigenvalue weighted by atomic mass is 10.2. The van der Waals surface area contributed by atoms with Gasteiger partial charge in [0, 0.05) is 11.8 Å². The summed E-state index contributed by atoms with van der Waals surface area (Å²) in [5, 5.41) is 10.4. The van der Waals surface area contributed by atoms with E-state index in [1.54, 1.807) is 36.4 Å². The average molecular weight is 355 g/mol. The van der Waals surface area contributed by atoms with Gasteiger partial charge in [-0.25, -0.2) is 4.98 Å². The first-order chi connectivity index (χ1) is 13.1. The number of aromatic nitrogens is 2. The van der Waals surface area contributed by atoms with E-state index in [1.807, 2.05) is 48.5 Å². The van der Waals surface area contributed by atoms with Gasteiger partial charge in [0.25, 0.3) is 5.56 Å². The van der Waals surface area contributed by atoms with Crippen LogP contribution in [0.2, 0.25) is 0 Å². The van der Waals surface area contributed by atoms with Crippen molar-refractivity contribution in [1.82, 2.24) is 9.55 Å². The van der Waals surface area contributed by atoms with Crippen LogP contribution in [-0.4, -0.2) is 14.7 Å². The topological polar surface area (TPSA) is 81.1 Å². The maximum Gasteiger partial charge on any atom is 0.266 e. The van der Waals surface area contributed by atoms with Gasteiger partial charge in [-0.15, -0.1) is 0 Å². The third-order valence-corrected chi connectivity index (χ3v) is 4.25. The molecular weight excluding hydrogens is 338 g/mol. The highest BCUT2D eigenvalue weighted by Crippen LogP contribution is 2.19. The van der Waals surface area contributed by atoms with Crippen LogP contribution in [0.5, 0.6) is 5.75 Å². The Morgan fingerprint density at radius 1 is 0.926 bits per heavy atom. The molecule has 5 nitrogen and oxygen atoms in total. The van der Waals surface area contributed by atoms with E-state index >= 15 is 0 Å². The Hall–Kier alpha value is -3.86. The van der Waals surface area contributed by atoms with Gasteiger partial charge in [0.05, 0.1) is 16.6 Å². The van der Waals surface area contributed by atoms with Crippen molar-refractivity contribution in [3.05, 3.63) is 94.5 Å². The molecule has 0 aliphatic heterocycles. The molecule has 5 heteroatoms. The van der Waals surface area contributed by atoms with Crippen molar-refractivity contribution in [3.63, 3.8) is 0 Å². The van der Waals surface area contributed by atoms with E-state index in [0.717, 1.165) is 5.56 Å². The summed E-state index contributed by atoms with van der Waals surface area (Å²) in [6, 6.07) is 21.2. The van der Waals surface area contributed by atoms with E-state index in [9.17, 15) is 9.90 Å². The second-order valence-electron chi connectivity index (χ2n) is 6.15. The number of hydrogen-bond acceptors (Lipinski definition) is 4. The highest BCUT2D eigenvalue weighted by atomic mass is 16.3. The van der Waals surface area contributed by atoms with Crippen molar-refractivity contribution in [2.24, 2.45) is 0 Å². The Morgan fingerprint density at radius 2 is 1.70 bits per heavy atom. The summed E-state index contributed by atoms with van der Waals surface area (Å²) in [6.07, 6.45) is 3.65. The number of fused-ring (bicyclic) bond motifs is 1. The number of hydrogen-bond donors (Lipinski definition) is 2. The van der Waals surface area contributed by atoms with Crippen LogP contribution in [0.25, 0.3) is 28.7 Å². The number of nitrogen functional groups attached to an aromatic ring is 1. The van der Waals surface area contributed by atoms with Gasteiger partial charge < -0.3 is 10.8 Å². The molecule has 0 radical (unpaired) electrons. The molecule has 3 aromatic carbocycles. The molecular formula is C22H17N3O2. The largest absolute Gasteiger partial charge is 0.508 e. The molecule has 132 valence electrons. The molecule has 1 aromatic heterocycles. The maximum atomic E-state index is 13.1. The predicted molar refractivity (Wildman–Crippen MR) is 109 cm³/mol. The standard InChI is InChI=1S/C22H17N3O2/c23-16-11-8-15(9-12-16)10-13-21-24-20-7-2-1-6-19(20)22(27)25(21)17-4-3-5-18(26)14-17/h1-14,26H,23H2/b13-10+. The Morgan fingerprint density at radius 3 is 2.48 bits per heavy atom. The molecule has 0 saturated carbocycles. The van der Waals surface area contributed by atoms with E-state index in [4.69, 9.17) is 5.73 Å². The zero-order valence-electron chi connectivity index (χ0n) is 14.4. The van der Waals surface area contributed by atoms with Crippen LogP contribution in [0.1, 0.15) is 11.4 Å². The molecule has 0 aliphatic rings. The fraction of sp³-hybridized carbons (Fsp3) is 0. The number of aromatic hydroxyl groups is 1. The summed E-state index contributed by atoms with van der Waals surface area (Å²) in [5.41, 5.74) is 8.33. The van der Waals surface area contributed by atoms with Crippen molar-refractivity contribution < 1.29 is 5.11 Å². The van der Waals surface area contributed by atoms with E-state index in [-0.39, 0.29) is 11.3 Å². The quantitative estimate of drug-likeness (QED) is 0.547. The van der Waals surface area contributed by atoms with Crippen molar-refractivity contribution >= 4 is 28.7 Å². The van der Waals surface area contributed by atoms with E-state index in [0.29, 0.717) is 28.1 Å². The normalized spacial score (nSPS) is 11.3. The monoisotopic (exact) mass is 355 g/mol. The summed E-state index contributed by atoms with van der Waals surface area (Å²) < 4.78 is 1.50. The first kappa shape index (κ1) is 16.6. The minimum absolute atomic E-state index is 0.0843. The maximum absolute atomic E-state index is 13.1. The predicted octanol–water partition coefficient (Wildman–Crippen LogP) is 3.84. The number of nitrogens with two attached hydrogens (primary N) is 1. The first-order valence-electron chi connectivity index (χ1n) is 8.47. The second-order valence-corrected chi connectivity index (χ2v) is 6.15. The lowest BCUT2D eigenvalue weighted by molar-refractivity contribution is 0.475. The van der Waals surface area contributed by atoms with E-state index < -0.39 is 0 Å². The summed E-state index contributed by atoms with van der Waals surface area (Å²) in [6.45, 7) is 0. The minimum atomic E-state index is -0.192. The lowest BCUT2D eigenvalue weighted by Crippen LogP contribution is -2.22. The lowest BCUT2D eigenvalue weighted by Gasteiger charge is -2.11. The van der Waals surface area contributed by atoms with Gasteiger partial charge in [-0.1, -0.05) is 36.4 Å². The highest BCUT2D eigenvalue weighted by Gasteiger charge is 2.11. The summed E-state index contributed by atoms with van der Waals surface area (Å²) in [4.78, 5) is 17.8. The number of para-hydroxylation sites is 1. The van der Waals surface area contributed by atoms with Crippen molar-refractivity contribution in [2.45, 2.75) is 0 Å². The highest BCUT2D eigenvalue weighted by molar-refractivity contribution is 5.80. The summed E-state index contributed by atoms with van der Waals surface area (Å²) in [5.74, 6) is 0.558. The number of phenolic OH excluding ortho intramolecular Hbond substituents is 1. The van der Waals surface area contributed by atoms with E-state index in [2.05, 4.69) is 4.98 Å². The fourth-order valence-corrected chi connectivity index (χ4v) is 2.92. The zero-order valence-corrected chi connectivity index (χ0v) is 14.4. The molecule has 4 rings (SSSR count). The Bertz CT molecular complexity index is 1210. The molecule has 4 aromatic rings. The molecule has 0 amide bonds. The minimum Gasteiger partial charge on any atom is -0.508 e. The third kappa shape index (κ3) is 3.30. The third-order valence-electron chi connectivity index (χ3n) is 4.25. The Labute approximate surface area is 155 Å². The van der Waals surface area contributed by atoms with Crippen molar-refractivity contribution in [2.75, 3.05) is 5.73 Å².